The lowest BCUT2D eigenvalue weighted by Crippen LogP contribution is -2.30. The first-order chi connectivity index (χ1) is 8.08. The largest absolute Gasteiger partial charge is 0.478 e. The summed E-state index contributed by atoms with van der Waals surface area (Å²) in [6, 6.07) is 2.15. The van der Waals surface area contributed by atoms with Crippen LogP contribution in [0.15, 0.2) is 10.5 Å². The van der Waals surface area contributed by atoms with Crippen LogP contribution < -0.4 is 5.32 Å². The van der Waals surface area contributed by atoms with Crippen molar-refractivity contribution < 1.29 is 14.3 Å². The van der Waals surface area contributed by atoms with E-state index in [4.69, 9.17) is 9.52 Å². The number of aryl methyl sites for hydroxylation is 1. The summed E-state index contributed by atoms with van der Waals surface area (Å²) < 4.78 is 5.43. The Kier molecular flexibility index (Phi) is 3.52. The molecule has 0 bridgehead atoms. The predicted octanol–water partition coefficient (Wildman–Crippen LogP) is 2.56. The lowest BCUT2D eigenvalue weighted by atomic mass is 10.1. The van der Waals surface area contributed by atoms with E-state index in [9.17, 15) is 4.79 Å². The number of carboxylic acid groups (broad SMARTS) is 1. The lowest BCUT2D eigenvalue weighted by molar-refractivity contribution is 0.0695. The number of aromatic carboxylic acids is 1. The smallest absolute Gasteiger partial charge is 0.339 e. The minimum Gasteiger partial charge on any atom is -0.478 e. The molecular formula is C13H19NO3. The van der Waals surface area contributed by atoms with Crippen molar-refractivity contribution in [3.05, 3.63) is 23.2 Å². The number of carbonyl (C=O) groups is 1. The Morgan fingerprint density at radius 2 is 2.35 bits per heavy atom. The average Bonchev–Trinajstić information content (AvgIpc) is 2.82. The van der Waals surface area contributed by atoms with Crippen LogP contribution in [0.25, 0.3) is 0 Å². The maximum Gasteiger partial charge on any atom is 0.339 e. The lowest BCUT2D eigenvalue weighted by Gasteiger charge is -2.16. The molecule has 2 rings (SSSR count). The van der Waals surface area contributed by atoms with Crippen LogP contribution >= 0.6 is 0 Å². The summed E-state index contributed by atoms with van der Waals surface area (Å²) in [5.41, 5.74) is 0.265. The van der Waals surface area contributed by atoms with Gasteiger partial charge in [0.05, 0.1) is 6.54 Å². The van der Waals surface area contributed by atoms with Crippen molar-refractivity contribution in [2.75, 3.05) is 0 Å². The Morgan fingerprint density at radius 3 is 2.88 bits per heavy atom. The molecule has 1 aromatic rings. The summed E-state index contributed by atoms with van der Waals surface area (Å²) >= 11 is 0. The number of furan rings is 1. The molecule has 0 saturated heterocycles. The van der Waals surface area contributed by atoms with E-state index >= 15 is 0 Å². The van der Waals surface area contributed by atoms with Crippen molar-refractivity contribution in [1.29, 1.82) is 0 Å². The van der Waals surface area contributed by atoms with Crippen LogP contribution in [-0.2, 0) is 6.54 Å². The zero-order valence-electron chi connectivity index (χ0n) is 10.3. The third-order valence-electron chi connectivity index (χ3n) is 3.60. The van der Waals surface area contributed by atoms with E-state index in [0.29, 0.717) is 30.0 Å². The molecule has 0 amide bonds. The summed E-state index contributed by atoms with van der Waals surface area (Å²) in [5.74, 6) is 0.963. The summed E-state index contributed by atoms with van der Waals surface area (Å²) in [6.07, 6.45) is 3.75. The second-order valence-electron chi connectivity index (χ2n) is 4.88. The molecule has 1 aliphatic carbocycles. The van der Waals surface area contributed by atoms with Crippen LogP contribution in [0.5, 0.6) is 0 Å². The summed E-state index contributed by atoms with van der Waals surface area (Å²) in [5, 5.41) is 12.4. The number of nitrogens with one attached hydrogen (secondary N) is 1. The van der Waals surface area contributed by atoms with Crippen molar-refractivity contribution in [3.63, 3.8) is 0 Å². The van der Waals surface area contributed by atoms with Gasteiger partial charge in [-0.15, -0.1) is 0 Å². The average molecular weight is 237 g/mol. The van der Waals surface area contributed by atoms with Gasteiger partial charge in [0, 0.05) is 6.04 Å². The first-order valence-electron chi connectivity index (χ1n) is 6.14. The van der Waals surface area contributed by atoms with Gasteiger partial charge in [-0.2, -0.15) is 0 Å². The van der Waals surface area contributed by atoms with Gasteiger partial charge in [-0.05, 0) is 31.7 Å². The Bertz CT molecular complexity index is 411. The molecule has 94 valence electrons. The Hall–Kier alpha value is -1.29. The Labute approximate surface area is 101 Å². The van der Waals surface area contributed by atoms with Gasteiger partial charge in [-0.3, -0.25) is 0 Å². The van der Waals surface area contributed by atoms with Gasteiger partial charge in [-0.25, -0.2) is 4.79 Å². The second-order valence-corrected chi connectivity index (χ2v) is 4.88. The molecule has 4 nitrogen and oxygen atoms in total. The molecule has 0 aromatic carbocycles. The normalized spacial score (nSPS) is 24.1. The molecule has 2 unspecified atom stereocenters. The zero-order valence-corrected chi connectivity index (χ0v) is 10.3. The molecule has 17 heavy (non-hydrogen) atoms. The van der Waals surface area contributed by atoms with Crippen LogP contribution in [0, 0.1) is 12.8 Å². The first kappa shape index (κ1) is 12.2. The van der Waals surface area contributed by atoms with E-state index < -0.39 is 5.97 Å². The summed E-state index contributed by atoms with van der Waals surface area (Å²) in [4.78, 5) is 10.9. The van der Waals surface area contributed by atoms with Gasteiger partial charge in [0.2, 0.25) is 0 Å². The molecule has 2 atom stereocenters. The van der Waals surface area contributed by atoms with Crippen LogP contribution in [-0.4, -0.2) is 17.1 Å². The molecule has 4 heteroatoms. The second kappa shape index (κ2) is 4.92. The fourth-order valence-corrected chi connectivity index (χ4v) is 2.52. The van der Waals surface area contributed by atoms with Gasteiger partial charge >= 0.3 is 5.97 Å². The number of rotatable bonds is 4. The standard InChI is InChI=1S/C13H19NO3/c1-8-4-3-5-12(8)14-7-10-6-11(13(15)16)9(2)17-10/h6,8,12,14H,3-5,7H2,1-2H3,(H,15,16). The summed E-state index contributed by atoms with van der Waals surface area (Å²) in [7, 11) is 0. The Balaban J connectivity index is 1.95. The SMILES string of the molecule is Cc1oc(CNC2CCCC2C)cc1C(=O)O. The van der Waals surface area contributed by atoms with E-state index in [1.165, 1.54) is 19.3 Å². The van der Waals surface area contributed by atoms with Crippen LogP contribution in [0.2, 0.25) is 0 Å². The van der Waals surface area contributed by atoms with Crippen molar-refractivity contribution in [1.82, 2.24) is 5.32 Å². The van der Waals surface area contributed by atoms with Crippen molar-refractivity contribution in [2.45, 2.75) is 45.7 Å². The van der Waals surface area contributed by atoms with E-state index in [1.54, 1.807) is 13.0 Å². The third kappa shape index (κ3) is 2.69. The topological polar surface area (TPSA) is 62.5 Å². The predicted molar refractivity (Wildman–Crippen MR) is 64.0 cm³/mol. The highest BCUT2D eigenvalue weighted by molar-refractivity contribution is 5.88. The fraction of sp³-hybridized carbons (Fsp3) is 0.615. The summed E-state index contributed by atoms with van der Waals surface area (Å²) in [6.45, 7) is 4.55. The van der Waals surface area contributed by atoms with E-state index in [-0.39, 0.29) is 5.56 Å². The molecule has 2 N–H and O–H groups in total. The Morgan fingerprint density at radius 1 is 1.59 bits per heavy atom. The van der Waals surface area contributed by atoms with Gasteiger partial charge in [0.15, 0.2) is 0 Å². The molecular weight excluding hydrogens is 218 g/mol. The van der Waals surface area contributed by atoms with E-state index in [0.717, 1.165) is 0 Å². The van der Waals surface area contributed by atoms with Crippen molar-refractivity contribution in [3.8, 4) is 0 Å². The van der Waals surface area contributed by atoms with E-state index in [2.05, 4.69) is 12.2 Å². The highest BCUT2D eigenvalue weighted by Crippen LogP contribution is 2.25. The fourth-order valence-electron chi connectivity index (χ4n) is 2.52. The molecule has 1 aromatic heterocycles. The van der Waals surface area contributed by atoms with Crippen LogP contribution in [0.1, 0.15) is 48.1 Å². The van der Waals surface area contributed by atoms with Crippen LogP contribution in [0.4, 0.5) is 0 Å². The zero-order chi connectivity index (χ0) is 12.4. The molecule has 1 fully saturated rings. The van der Waals surface area contributed by atoms with Gasteiger partial charge < -0.3 is 14.8 Å². The maximum absolute atomic E-state index is 10.9. The number of hydrogen-bond donors (Lipinski definition) is 2. The maximum atomic E-state index is 10.9. The molecule has 0 spiro atoms. The highest BCUT2D eigenvalue weighted by Gasteiger charge is 2.23. The minimum absolute atomic E-state index is 0.265. The quantitative estimate of drug-likeness (QED) is 0.844. The molecule has 0 aliphatic heterocycles. The first-order valence-corrected chi connectivity index (χ1v) is 6.14. The van der Waals surface area contributed by atoms with Gasteiger partial charge in [0.1, 0.15) is 17.1 Å². The minimum atomic E-state index is -0.924. The van der Waals surface area contributed by atoms with Crippen molar-refractivity contribution in [2.24, 2.45) is 5.92 Å². The molecule has 1 saturated carbocycles. The third-order valence-corrected chi connectivity index (χ3v) is 3.60. The molecule has 1 heterocycles. The monoisotopic (exact) mass is 237 g/mol. The van der Waals surface area contributed by atoms with Crippen LogP contribution in [0.3, 0.4) is 0 Å². The molecule has 0 radical (unpaired) electrons. The number of hydrogen-bond acceptors (Lipinski definition) is 3. The van der Waals surface area contributed by atoms with E-state index in [1.807, 2.05) is 0 Å². The highest BCUT2D eigenvalue weighted by atomic mass is 16.4. The van der Waals surface area contributed by atoms with Gasteiger partial charge in [-0.1, -0.05) is 13.3 Å². The van der Waals surface area contributed by atoms with Crippen molar-refractivity contribution >= 4 is 5.97 Å². The number of carboxylic acids is 1. The molecule has 1 aliphatic rings. The van der Waals surface area contributed by atoms with Gasteiger partial charge in [0.25, 0.3) is 0 Å².